The van der Waals surface area contributed by atoms with Gasteiger partial charge in [0, 0.05) is 19.9 Å². The van der Waals surface area contributed by atoms with Gasteiger partial charge >= 0.3 is 0 Å². The molecule has 0 saturated carbocycles. The molecular weight excluding hydrogens is 615 g/mol. The zero-order valence-corrected chi connectivity index (χ0v) is 19.5. The summed E-state index contributed by atoms with van der Waals surface area (Å²) in [5.74, 6) is 0.878. The molecule has 2 N–H and O–H groups in total. The lowest BCUT2D eigenvalue weighted by Crippen LogP contribution is -2.37. The first-order valence-corrected chi connectivity index (χ1v) is 10.7. The minimum Gasteiger partial charge on any atom is -0.457 e. The lowest BCUT2D eigenvalue weighted by atomic mass is 10.0. The Balaban J connectivity index is 1.68. The Kier molecular flexibility index (Phi) is 6.73. The number of allylic oxidation sites excluding steroid dienone is 2. The van der Waals surface area contributed by atoms with Crippen LogP contribution in [0.4, 0.5) is 5.69 Å². The minimum absolute atomic E-state index is 0.216. The maximum absolute atomic E-state index is 12.5. The lowest BCUT2D eigenvalue weighted by Gasteiger charge is -2.28. The van der Waals surface area contributed by atoms with E-state index in [0.29, 0.717) is 22.2 Å². The van der Waals surface area contributed by atoms with E-state index >= 15 is 0 Å². The number of ether oxygens (including phenoxy) is 1. The first kappa shape index (κ1) is 20.9. The van der Waals surface area contributed by atoms with Crippen LogP contribution in [0.1, 0.15) is 0 Å². The first-order valence-electron chi connectivity index (χ1n) is 7.75. The minimum atomic E-state index is -1.11. The van der Waals surface area contributed by atoms with Gasteiger partial charge in [-0.3, -0.25) is 4.79 Å². The first-order chi connectivity index (χ1) is 12.7. The average Bonchev–Trinajstić information content (AvgIpc) is 2.61. The van der Waals surface area contributed by atoms with Gasteiger partial charge in [0.25, 0.3) is 5.91 Å². The number of aliphatic hydroxyl groups is 1. The Morgan fingerprint density at radius 3 is 2.26 bits per heavy atom. The topological polar surface area (TPSA) is 58.6 Å². The zero-order chi connectivity index (χ0) is 19.6. The molecule has 4 nitrogen and oxygen atoms in total. The Bertz CT molecular complexity index is 910. The molecule has 0 radical (unpaired) electrons. The fourth-order valence-electron chi connectivity index (χ4n) is 2.38. The molecule has 2 unspecified atom stereocenters. The van der Waals surface area contributed by atoms with Gasteiger partial charge in [-0.1, -0.05) is 45.8 Å². The van der Waals surface area contributed by atoms with Crippen LogP contribution in [-0.4, -0.2) is 20.0 Å². The van der Waals surface area contributed by atoms with E-state index < -0.39 is 14.9 Å². The summed E-state index contributed by atoms with van der Waals surface area (Å²) in [4.78, 5) is 12.5. The third-order valence-electron chi connectivity index (χ3n) is 3.71. The van der Waals surface area contributed by atoms with E-state index in [-0.39, 0.29) is 5.57 Å². The summed E-state index contributed by atoms with van der Waals surface area (Å²) < 4.78 is 5.46. The summed E-state index contributed by atoms with van der Waals surface area (Å²) in [5.41, 5.74) is 0.794. The molecule has 1 amide bonds. The van der Waals surface area contributed by atoms with Gasteiger partial charge in [-0.15, -0.1) is 0 Å². The summed E-state index contributed by atoms with van der Waals surface area (Å²) in [6.45, 7) is 0. The second-order valence-electron chi connectivity index (χ2n) is 5.74. The molecule has 2 aromatic rings. The SMILES string of the molecule is O=C(Nc1ccc(Oc2ccc(Cl)cc2)cc1)C1=CC(I)=CC(Cl)(I)C1O. The summed E-state index contributed by atoms with van der Waals surface area (Å²) in [6.07, 6.45) is 2.23. The fraction of sp³-hybridized carbons (Fsp3) is 0.105. The number of aliphatic hydroxyl groups excluding tert-OH is 1. The van der Waals surface area contributed by atoms with Crippen LogP contribution in [0, 0.1) is 0 Å². The van der Waals surface area contributed by atoms with Crippen LogP contribution in [0.25, 0.3) is 0 Å². The van der Waals surface area contributed by atoms with Crippen molar-refractivity contribution in [2.24, 2.45) is 0 Å². The molecular formula is C19H13Cl2I2NO3. The van der Waals surface area contributed by atoms with Crippen LogP contribution < -0.4 is 10.1 Å². The molecule has 0 heterocycles. The van der Waals surface area contributed by atoms with Gasteiger partial charge in [0.05, 0.1) is 0 Å². The van der Waals surface area contributed by atoms with Gasteiger partial charge in [-0.25, -0.2) is 0 Å². The maximum atomic E-state index is 12.5. The monoisotopic (exact) mass is 627 g/mol. The zero-order valence-electron chi connectivity index (χ0n) is 13.6. The van der Waals surface area contributed by atoms with Gasteiger partial charge in [0.2, 0.25) is 0 Å². The largest absolute Gasteiger partial charge is 0.457 e. The van der Waals surface area contributed by atoms with Crippen LogP contribution in [0.15, 0.2) is 69.8 Å². The Morgan fingerprint density at radius 2 is 1.67 bits per heavy atom. The van der Waals surface area contributed by atoms with Crippen molar-refractivity contribution in [2.75, 3.05) is 5.32 Å². The van der Waals surface area contributed by atoms with E-state index in [1.165, 1.54) is 0 Å². The number of nitrogens with one attached hydrogen (secondary N) is 1. The number of anilines is 1. The van der Waals surface area contributed by atoms with Gasteiger partial charge in [-0.05, 0) is 83.3 Å². The molecule has 0 fully saturated rings. The highest BCUT2D eigenvalue weighted by Crippen LogP contribution is 2.40. The van der Waals surface area contributed by atoms with E-state index in [2.05, 4.69) is 27.9 Å². The molecule has 8 heteroatoms. The molecule has 0 aliphatic heterocycles. The van der Waals surface area contributed by atoms with Crippen LogP contribution in [0.5, 0.6) is 11.5 Å². The van der Waals surface area contributed by atoms with Crippen molar-refractivity contribution in [1.82, 2.24) is 0 Å². The molecule has 3 rings (SSSR count). The third kappa shape index (κ3) is 5.38. The fourth-order valence-corrected chi connectivity index (χ4v) is 5.02. The number of rotatable bonds is 4. The normalized spacial score (nSPS) is 21.9. The highest BCUT2D eigenvalue weighted by molar-refractivity contribution is 14.1. The third-order valence-corrected chi connectivity index (χ3v) is 5.80. The number of hydrogen-bond acceptors (Lipinski definition) is 3. The summed E-state index contributed by atoms with van der Waals surface area (Å²) in [7, 11) is 0. The van der Waals surface area contributed by atoms with Crippen LogP contribution in [-0.2, 0) is 4.79 Å². The smallest absolute Gasteiger partial charge is 0.254 e. The molecule has 0 saturated heterocycles. The second kappa shape index (κ2) is 8.69. The summed E-state index contributed by atoms with van der Waals surface area (Å²) in [6, 6.07) is 13.9. The second-order valence-corrected chi connectivity index (χ2v) is 10.5. The molecule has 0 bridgehead atoms. The van der Waals surface area contributed by atoms with Crippen molar-refractivity contribution in [3.8, 4) is 11.5 Å². The molecule has 0 aromatic heterocycles. The number of halogens is 4. The summed E-state index contributed by atoms with van der Waals surface area (Å²) in [5, 5.41) is 13.7. The molecule has 2 atom stereocenters. The van der Waals surface area contributed by atoms with Crippen molar-refractivity contribution in [1.29, 1.82) is 0 Å². The predicted octanol–water partition coefficient (Wildman–Crippen LogP) is 6.06. The predicted molar refractivity (Wildman–Crippen MR) is 125 cm³/mol. The Labute approximate surface area is 193 Å². The number of alkyl halides is 2. The molecule has 2 aromatic carbocycles. The van der Waals surface area contributed by atoms with E-state index in [1.807, 2.05) is 22.6 Å². The van der Waals surface area contributed by atoms with Crippen molar-refractivity contribution < 1.29 is 14.6 Å². The van der Waals surface area contributed by atoms with Crippen molar-refractivity contribution in [3.05, 3.63) is 74.9 Å². The van der Waals surface area contributed by atoms with Gasteiger partial charge in [0.15, 0.2) is 0 Å². The number of carbonyl (C=O) groups is 1. The Hall–Kier alpha value is -0.810. The molecule has 0 spiro atoms. The number of carbonyl (C=O) groups excluding carboxylic acids is 1. The van der Waals surface area contributed by atoms with E-state index in [1.54, 1.807) is 60.7 Å². The van der Waals surface area contributed by atoms with E-state index in [4.69, 9.17) is 27.9 Å². The maximum Gasteiger partial charge on any atom is 0.254 e. The van der Waals surface area contributed by atoms with Gasteiger partial charge in [0.1, 0.15) is 20.5 Å². The van der Waals surface area contributed by atoms with Crippen molar-refractivity contribution in [3.63, 3.8) is 0 Å². The lowest BCUT2D eigenvalue weighted by molar-refractivity contribution is -0.113. The van der Waals surface area contributed by atoms with E-state index in [9.17, 15) is 9.90 Å². The van der Waals surface area contributed by atoms with Crippen molar-refractivity contribution in [2.45, 2.75) is 8.98 Å². The highest BCUT2D eigenvalue weighted by atomic mass is 127. The highest BCUT2D eigenvalue weighted by Gasteiger charge is 2.39. The molecule has 1 aliphatic rings. The standard InChI is InChI=1S/C19H13Cl2I2NO3/c20-11-1-5-14(6-2-11)27-15-7-3-13(4-8-15)24-18(26)16-9-12(22)10-19(21,23)17(16)25/h1-10,17,25H,(H,24,26). The van der Waals surface area contributed by atoms with Gasteiger partial charge < -0.3 is 15.2 Å². The van der Waals surface area contributed by atoms with Crippen LogP contribution in [0.3, 0.4) is 0 Å². The van der Waals surface area contributed by atoms with Gasteiger partial charge in [-0.2, -0.15) is 0 Å². The van der Waals surface area contributed by atoms with Crippen LogP contribution in [0.2, 0.25) is 5.02 Å². The quantitative estimate of drug-likeness (QED) is 0.320. The number of benzene rings is 2. The van der Waals surface area contributed by atoms with E-state index in [0.717, 1.165) is 3.58 Å². The molecule has 1 aliphatic carbocycles. The summed E-state index contributed by atoms with van der Waals surface area (Å²) >= 11 is 16.1. The number of amides is 1. The molecule has 27 heavy (non-hydrogen) atoms. The Morgan fingerprint density at radius 1 is 1.11 bits per heavy atom. The number of hydrogen-bond donors (Lipinski definition) is 2. The molecule has 140 valence electrons. The average molecular weight is 628 g/mol. The van der Waals surface area contributed by atoms with Crippen LogP contribution >= 0.6 is 68.4 Å². The van der Waals surface area contributed by atoms with Crippen molar-refractivity contribution >= 4 is 80.0 Å².